The van der Waals surface area contributed by atoms with Crippen molar-refractivity contribution in [3.63, 3.8) is 0 Å². The number of nitrogens with zero attached hydrogens (tertiary/aromatic N) is 2. The summed E-state index contributed by atoms with van der Waals surface area (Å²) in [5, 5.41) is 12.4. The first-order chi connectivity index (χ1) is 11.3. The Kier molecular flexibility index (Phi) is 3.80. The average Bonchev–Trinajstić information content (AvgIpc) is 2.53. The second kappa shape index (κ2) is 5.80. The Hall–Kier alpha value is -3.16. The fourth-order valence-electron chi connectivity index (χ4n) is 2.23. The van der Waals surface area contributed by atoms with E-state index in [1.165, 1.54) is 0 Å². The second-order valence-electron chi connectivity index (χ2n) is 4.92. The highest BCUT2D eigenvalue weighted by Crippen LogP contribution is 2.39. The minimum Gasteiger partial charge on any atom is -0.457 e. The molecule has 1 aromatic heterocycles. The molecule has 0 aliphatic heterocycles. The van der Waals surface area contributed by atoms with Crippen molar-refractivity contribution in [2.45, 2.75) is 6.18 Å². The van der Waals surface area contributed by atoms with Crippen molar-refractivity contribution >= 4 is 16.5 Å². The molecule has 0 amide bonds. The maximum Gasteiger partial charge on any atom is 0.423 e. The lowest BCUT2D eigenvalue weighted by molar-refractivity contribution is -0.388. The van der Waals surface area contributed by atoms with E-state index in [1.54, 1.807) is 36.7 Å². The molecule has 0 bridgehead atoms. The Bertz CT molecular complexity index is 926. The largest absolute Gasteiger partial charge is 0.457 e. The van der Waals surface area contributed by atoms with E-state index in [2.05, 4.69) is 4.98 Å². The molecule has 0 aliphatic carbocycles. The molecule has 0 unspecified atom stereocenters. The summed E-state index contributed by atoms with van der Waals surface area (Å²) in [5.74, 6) is 0.161. The Morgan fingerprint density at radius 1 is 1.00 bits per heavy atom. The number of nitro benzene ring substituents is 1. The van der Waals surface area contributed by atoms with Gasteiger partial charge in [-0.3, -0.25) is 15.1 Å². The van der Waals surface area contributed by atoms with Gasteiger partial charge in [0.1, 0.15) is 17.1 Å². The standard InChI is InChI=1S/C16H9F3N2O3/c17-16(18,19)14-8-13(3-4-15(14)21(22)23)24-12-2-1-10-5-6-20-9-11(10)7-12/h1-9H. The monoisotopic (exact) mass is 334 g/mol. The zero-order valence-electron chi connectivity index (χ0n) is 11.9. The van der Waals surface area contributed by atoms with Gasteiger partial charge in [-0.25, -0.2) is 0 Å². The van der Waals surface area contributed by atoms with Gasteiger partial charge in [0, 0.05) is 23.8 Å². The first-order valence-electron chi connectivity index (χ1n) is 6.72. The smallest absolute Gasteiger partial charge is 0.423 e. The van der Waals surface area contributed by atoms with Crippen LogP contribution in [0.1, 0.15) is 5.56 Å². The first kappa shape index (κ1) is 15.7. The summed E-state index contributed by atoms with van der Waals surface area (Å²) >= 11 is 0. The highest BCUT2D eigenvalue weighted by molar-refractivity contribution is 5.82. The van der Waals surface area contributed by atoms with Gasteiger partial charge < -0.3 is 4.74 Å². The van der Waals surface area contributed by atoms with Gasteiger partial charge >= 0.3 is 6.18 Å². The van der Waals surface area contributed by atoms with Crippen molar-refractivity contribution in [1.82, 2.24) is 4.98 Å². The van der Waals surface area contributed by atoms with Crippen LogP contribution in [0.15, 0.2) is 54.9 Å². The molecule has 0 aliphatic rings. The molecule has 0 saturated heterocycles. The van der Waals surface area contributed by atoms with Crippen molar-refractivity contribution in [1.29, 1.82) is 0 Å². The van der Waals surface area contributed by atoms with Crippen LogP contribution in [0.25, 0.3) is 10.8 Å². The predicted molar refractivity (Wildman–Crippen MR) is 79.9 cm³/mol. The van der Waals surface area contributed by atoms with E-state index >= 15 is 0 Å². The number of alkyl halides is 3. The summed E-state index contributed by atoms with van der Waals surface area (Å²) in [6.45, 7) is 0. The normalized spacial score (nSPS) is 11.5. The van der Waals surface area contributed by atoms with Gasteiger partial charge in [0.2, 0.25) is 0 Å². The molecule has 1 heterocycles. The highest BCUT2D eigenvalue weighted by atomic mass is 19.4. The Morgan fingerprint density at radius 2 is 1.71 bits per heavy atom. The maximum atomic E-state index is 13.0. The van der Waals surface area contributed by atoms with E-state index in [0.717, 1.165) is 22.9 Å². The number of pyridine rings is 1. The lowest BCUT2D eigenvalue weighted by atomic mass is 10.1. The Balaban J connectivity index is 1.98. The van der Waals surface area contributed by atoms with Crippen LogP contribution in [0.5, 0.6) is 11.5 Å². The lowest BCUT2D eigenvalue weighted by Gasteiger charge is -2.11. The molecule has 0 radical (unpaired) electrons. The van der Waals surface area contributed by atoms with Gasteiger partial charge in [-0.15, -0.1) is 0 Å². The topological polar surface area (TPSA) is 65.3 Å². The Labute approximate surface area is 133 Å². The molecule has 122 valence electrons. The number of ether oxygens (including phenoxy) is 1. The summed E-state index contributed by atoms with van der Waals surface area (Å²) in [4.78, 5) is 13.6. The molecule has 0 saturated carbocycles. The Morgan fingerprint density at radius 3 is 2.42 bits per heavy atom. The van der Waals surface area contributed by atoms with Crippen molar-refractivity contribution < 1.29 is 22.8 Å². The van der Waals surface area contributed by atoms with Crippen LogP contribution in [-0.2, 0) is 6.18 Å². The van der Waals surface area contributed by atoms with Crippen LogP contribution < -0.4 is 4.74 Å². The number of fused-ring (bicyclic) bond motifs is 1. The van der Waals surface area contributed by atoms with Crippen LogP contribution in [-0.4, -0.2) is 9.91 Å². The summed E-state index contributed by atoms with van der Waals surface area (Å²) < 4.78 is 44.3. The van der Waals surface area contributed by atoms with E-state index < -0.39 is 22.4 Å². The summed E-state index contributed by atoms with van der Waals surface area (Å²) in [6, 6.07) is 9.26. The zero-order chi connectivity index (χ0) is 17.3. The van der Waals surface area contributed by atoms with E-state index in [-0.39, 0.29) is 5.75 Å². The molecular weight excluding hydrogens is 325 g/mol. The summed E-state index contributed by atoms with van der Waals surface area (Å²) in [6.07, 6.45) is -1.64. The first-order valence-corrected chi connectivity index (χ1v) is 6.72. The van der Waals surface area contributed by atoms with Crippen LogP contribution in [0.3, 0.4) is 0 Å². The lowest BCUT2D eigenvalue weighted by Crippen LogP contribution is -2.09. The molecule has 3 rings (SSSR count). The van der Waals surface area contributed by atoms with Crippen LogP contribution in [0, 0.1) is 10.1 Å². The molecule has 8 heteroatoms. The SMILES string of the molecule is O=[N+]([O-])c1ccc(Oc2ccc3ccncc3c2)cc1C(F)(F)F. The third kappa shape index (κ3) is 3.12. The molecule has 2 aromatic carbocycles. The van der Waals surface area contributed by atoms with Gasteiger partial charge in [-0.05, 0) is 35.7 Å². The van der Waals surface area contributed by atoms with Gasteiger partial charge in [0.05, 0.1) is 4.92 Å². The predicted octanol–water partition coefficient (Wildman–Crippen LogP) is 4.95. The molecule has 0 atom stereocenters. The van der Waals surface area contributed by atoms with Gasteiger partial charge in [0.15, 0.2) is 0 Å². The van der Waals surface area contributed by atoms with Crippen molar-refractivity contribution in [2.75, 3.05) is 0 Å². The minimum absolute atomic E-state index is 0.142. The van der Waals surface area contributed by atoms with Crippen molar-refractivity contribution in [3.8, 4) is 11.5 Å². The quantitative estimate of drug-likeness (QED) is 0.502. The minimum atomic E-state index is -4.85. The van der Waals surface area contributed by atoms with Gasteiger partial charge in [0.25, 0.3) is 5.69 Å². The van der Waals surface area contributed by atoms with Crippen molar-refractivity contribution in [3.05, 3.63) is 70.5 Å². The van der Waals surface area contributed by atoms with Crippen molar-refractivity contribution in [2.24, 2.45) is 0 Å². The second-order valence-corrected chi connectivity index (χ2v) is 4.92. The number of benzene rings is 2. The van der Waals surface area contributed by atoms with E-state index in [9.17, 15) is 23.3 Å². The number of hydrogen-bond donors (Lipinski definition) is 0. The highest BCUT2D eigenvalue weighted by Gasteiger charge is 2.38. The number of aromatic nitrogens is 1. The molecule has 5 nitrogen and oxygen atoms in total. The molecule has 0 spiro atoms. The van der Waals surface area contributed by atoms with Gasteiger partial charge in [-0.1, -0.05) is 6.07 Å². The fraction of sp³-hybridized carbons (Fsp3) is 0.0625. The van der Waals surface area contributed by atoms with Crippen LogP contribution in [0.4, 0.5) is 18.9 Å². The third-order valence-electron chi connectivity index (χ3n) is 3.32. The van der Waals surface area contributed by atoms with Crippen LogP contribution >= 0.6 is 0 Å². The molecular formula is C16H9F3N2O3. The van der Waals surface area contributed by atoms with E-state index in [1.807, 2.05) is 0 Å². The van der Waals surface area contributed by atoms with Crippen LogP contribution in [0.2, 0.25) is 0 Å². The maximum absolute atomic E-state index is 13.0. The number of nitro groups is 1. The number of rotatable bonds is 3. The number of hydrogen-bond acceptors (Lipinski definition) is 4. The number of halogens is 3. The van der Waals surface area contributed by atoms with E-state index in [0.29, 0.717) is 11.8 Å². The molecule has 0 fully saturated rings. The summed E-state index contributed by atoms with van der Waals surface area (Å²) in [7, 11) is 0. The molecule has 3 aromatic rings. The molecule has 0 N–H and O–H groups in total. The fourth-order valence-corrected chi connectivity index (χ4v) is 2.23. The summed E-state index contributed by atoms with van der Waals surface area (Å²) in [5.41, 5.74) is -2.37. The van der Waals surface area contributed by atoms with E-state index in [4.69, 9.17) is 4.74 Å². The van der Waals surface area contributed by atoms with Gasteiger partial charge in [-0.2, -0.15) is 13.2 Å². The zero-order valence-corrected chi connectivity index (χ0v) is 11.9. The molecule has 24 heavy (non-hydrogen) atoms. The third-order valence-corrected chi connectivity index (χ3v) is 3.32. The average molecular weight is 334 g/mol.